The van der Waals surface area contributed by atoms with E-state index in [1.54, 1.807) is 25.1 Å². The Bertz CT molecular complexity index is 653. The monoisotopic (exact) mass is 304 g/mol. The van der Waals surface area contributed by atoms with Gasteiger partial charge in [-0.3, -0.25) is 19.7 Å². The first-order valence-corrected chi connectivity index (χ1v) is 6.84. The van der Waals surface area contributed by atoms with Crippen molar-refractivity contribution < 1.29 is 19.6 Å². The average molecular weight is 304 g/mol. The third-order valence-electron chi connectivity index (χ3n) is 3.69. The largest absolute Gasteiger partial charge is 0.481 e. The van der Waals surface area contributed by atoms with Crippen molar-refractivity contribution in [2.24, 2.45) is 11.8 Å². The molecule has 7 nitrogen and oxygen atoms in total. The zero-order chi connectivity index (χ0) is 16.3. The van der Waals surface area contributed by atoms with Crippen LogP contribution < -0.4 is 5.32 Å². The molecule has 1 aromatic rings. The van der Waals surface area contributed by atoms with Gasteiger partial charge < -0.3 is 10.4 Å². The van der Waals surface area contributed by atoms with Gasteiger partial charge in [-0.25, -0.2) is 0 Å². The summed E-state index contributed by atoms with van der Waals surface area (Å²) >= 11 is 0. The SMILES string of the molecule is Cc1ccc(NC(=O)C2CC=CCC2C(=O)O)c([N+](=O)[O-])c1. The Hall–Kier alpha value is -2.70. The molecule has 1 aliphatic rings. The molecule has 1 aliphatic carbocycles. The molecule has 0 fully saturated rings. The van der Waals surface area contributed by atoms with E-state index in [2.05, 4.69) is 5.32 Å². The molecule has 7 heteroatoms. The van der Waals surface area contributed by atoms with Crippen LogP contribution in [0, 0.1) is 28.9 Å². The fourth-order valence-electron chi connectivity index (χ4n) is 2.50. The second kappa shape index (κ2) is 6.38. The Kier molecular flexibility index (Phi) is 4.55. The first-order valence-electron chi connectivity index (χ1n) is 6.84. The second-order valence-electron chi connectivity index (χ2n) is 5.26. The normalized spacial score (nSPS) is 20.4. The highest BCUT2D eigenvalue weighted by molar-refractivity contribution is 5.97. The third-order valence-corrected chi connectivity index (χ3v) is 3.69. The molecule has 2 unspecified atom stereocenters. The van der Waals surface area contributed by atoms with E-state index in [9.17, 15) is 24.8 Å². The van der Waals surface area contributed by atoms with Crippen molar-refractivity contribution in [2.75, 3.05) is 5.32 Å². The van der Waals surface area contributed by atoms with Gasteiger partial charge in [0, 0.05) is 6.07 Å². The Labute approximate surface area is 126 Å². The molecule has 0 bridgehead atoms. The Morgan fingerprint density at radius 2 is 1.91 bits per heavy atom. The van der Waals surface area contributed by atoms with E-state index >= 15 is 0 Å². The molecule has 1 aromatic carbocycles. The van der Waals surface area contributed by atoms with E-state index in [4.69, 9.17) is 0 Å². The van der Waals surface area contributed by atoms with Crippen LogP contribution in [0.15, 0.2) is 30.4 Å². The summed E-state index contributed by atoms with van der Waals surface area (Å²) in [6, 6.07) is 4.48. The fourth-order valence-corrected chi connectivity index (χ4v) is 2.50. The lowest BCUT2D eigenvalue weighted by molar-refractivity contribution is -0.384. The lowest BCUT2D eigenvalue weighted by Gasteiger charge is -2.24. The first-order chi connectivity index (χ1) is 10.4. The topological polar surface area (TPSA) is 110 Å². The van der Waals surface area contributed by atoms with Crippen LogP contribution in [-0.4, -0.2) is 21.9 Å². The van der Waals surface area contributed by atoms with Crippen LogP contribution in [0.2, 0.25) is 0 Å². The molecule has 0 saturated carbocycles. The van der Waals surface area contributed by atoms with Crippen molar-refractivity contribution in [3.63, 3.8) is 0 Å². The molecule has 2 rings (SSSR count). The number of rotatable bonds is 4. The molecule has 22 heavy (non-hydrogen) atoms. The zero-order valence-corrected chi connectivity index (χ0v) is 12.0. The van der Waals surface area contributed by atoms with Crippen molar-refractivity contribution in [2.45, 2.75) is 19.8 Å². The molecule has 0 saturated heterocycles. The van der Waals surface area contributed by atoms with E-state index in [1.165, 1.54) is 12.1 Å². The Morgan fingerprint density at radius 3 is 2.50 bits per heavy atom. The number of nitro benzene ring substituents is 1. The van der Waals surface area contributed by atoms with Crippen molar-refractivity contribution in [1.82, 2.24) is 0 Å². The van der Waals surface area contributed by atoms with Crippen LogP contribution in [0.3, 0.4) is 0 Å². The van der Waals surface area contributed by atoms with Crippen LogP contribution in [0.4, 0.5) is 11.4 Å². The lowest BCUT2D eigenvalue weighted by atomic mass is 9.82. The van der Waals surface area contributed by atoms with E-state index < -0.39 is 28.6 Å². The van der Waals surface area contributed by atoms with Crippen LogP contribution in [0.1, 0.15) is 18.4 Å². The molecule has 2 atom stereocenters. The number of anilines is 1. The number of hydrogen-bond acceptors (Lipinski definition) is 4. The minimum atomic E-state index is -1.04. The van der Waals surface area contributed by atoms with Gasteiger partial charge in [-0.1, -0.05) is 18.2 Å². The number of aryl methyl sites for hydroxylation is 1. The number of carboxylic acid groups (broad SMARTS) is 1. The number of allylic oxidation sites excluding steroid dienone is 2. The quantitative estimate of drug-likeness (QED) is 0.504. The van der Waals surface area contributed by atoms with Gasteiger partial charge in [0.1, 0.15) is 5.69 Å². The van der Waals surface area contributed by atoms with Crippen molar-refractivity contribution in [3.05, 3.63) is 46.0 Å². The van der Waals surface area contributed by atoms with Crippen LogP contribution in [0.5, 0.6) is 0 Å². The van der Waals surface area contributed by atoms with Gasteiger partial charge in [0.2, 0.25) is 5.91 Å². The van der Waals surface area contributed by atoms with Gasteiger partial charge in [-0.05, 0) is 31.4 Å². The van der Waals surface area contributed by atoms with Crippen molar-refractivity contribution in [3.8, 4) is 0 Å². The maximum Gasteiger partial charge on any atom is 0.307 e. The Balaban J connectivity index is 2.23. The molecular weight excluding hydrogens is 288 g/mol. The van der Waals surface area contributed by atoms with Crippen molar-refractivity contribution >= 4 is 23.3 Å². The van der Waals surface area contributed by atoms with Crippen LogP contribution in [-0.2, 0) is 9.59 Å². The molecule has 116 valence electrons. The summed E-state index contributed by atoms with van der Waals surface area (Å²) in [6.45, 7) is 1.71. The summed E-state index contributed by atoms with van der Waals surface area (Å²) < 4.78 is 0. The minimum Gasteiger partial charge on any atom is -0.481 e. The number of nitrogens with zero attached hydrogens (tertiary/aromatic N) is 1. The van der Waals surface area contributed by atoms with E-state index in [-0.39, 0.29) is 17.8 Å². The van der Waals surface area contributed by atoms with E-state index in [0.717, 1.165) is 0 Å². The van der Waals surface area contributed by atoms with Gasteiger partial charge in [0.25, 0.3) is 5.69 Å². The third kappa shape index (κ3) is 3.30. The summed E-state index contributed by atoms with van der Waals surface area (Å²) in [5.74, 6) is -3.09. The minimum absolute atomic E-state index is 0.0827. The molecule has 2 N–H and O–H groups in total. The number of hydrogen-bond donors (Lipinski definition) is 2. The molecule has 0 aromatic heterocycles. The van der Waals surface area contributed by atoms with E-state index in [0.29, 0.717) is 12.0 Å². The summed E-state index contributed by atoms with van der Waals surface area (Å²) in [6.07, 6.45) is 4.08. The number of benzene rings is 1. The fraction of sp³-hybridized carbons (Fsp3) is 0.333. The first kappa shape index (κ1) is 15.7. The standard InChI is InChI=1S/C15H16N2O5/c1-9-6-7-12(13(8-9)17(21)22)16-14(18)10-4-2-3-5-11(10)15(19)20/h2-3,6-8,10-11H,4-5H2,1H3,(H,16,18)(H,19,20). The van der Waals surface area contributed by atoms with Crippen molar-refractivity contribution in [1.29, 1.82) is 0 Å². The molecule has 0 spiro atoms. The van der Waals surface area contributed by atoms with Gasteiger partial charge in [0.05, 0.1) is 16.8 Å². The Morgan fingerprint density at radius 1 is 1.27 bits per heavy atom. The molecular formula is C15H16N2O5. The van der Waals surface area contributed by atoms with Crippen LogP contribution >= 0.6 is 0 Å². The molecule has 0 radical (unpaired) electrons. The highest BCUT2D eigenvalue weighted by atomic mass is 16.6. The highest BCUT2D eigenvalue weighted by Crippen LogP contribution is 2.30. The highest BCUT2D eigenvalue weighted by Gasteiger charge is 2.34. The van der Waals surface area contributed by atoms with Crippen LogP contribution in [0.25, 0.3) is 0 Å². The molecule has 1 amide bonds. The summed E-state index contributed by atoms with van der Waals surface area (Å²) in [5.41, 5.74) is 0.583. The predicted molar refractivity (Wildman–Crippen MR) is 79.5 cm³/mol. The van der Waals surface area contributed by atoms with E-state index in [1.807, 2.05) is 0 Å². The number of nitrogens with one attached hydrogen (secondary N) is 1. The predicted octanol–water partition coefficient (Wildman–Crippen LogP) is 2.51. The number of nitro groups is 1. The summed E-state index contributed by atoms with van der Waals surface area (Å²) in [5, 5.41) is 22.7. The summed E-state index contributed by atoms with van der Waals surface area (Å²) in [7, 11) is 0. The maximum atomic E-state index is 12.3. The number of carbonyl (C=O) groups is 2. The summed E-state index contributed by atoms with van der Waals surface area (Å²) in [4.78, 5) is 34.0. The van der Waals surface area contributed by atoms with Gasteiger partial charge >= 0.3 is 5.97 Å². The number of amides is 1. The van der Waals surface area contributed by atoms with Gasteiger partial charge in [-0.15, -0.1) is 0 Å². The van der Waals surface area contributed by atoms with Gasteiger partial charge in [0.15, 0.2) is 0 Å². The number of carbonyl (C=O) groups excluding carboxylic acids is 1. The average Bonchev–Trinajstić information content (AvgIpc) is 2.48. The second-order valence-corrected chi connectivity index (χ2v) is 5.26. The number of aliphatic carboxylic acids is 1. The smallest absolute Gasteiger partial charge is 0.307 e. The number of carboxylic acids is 1. The maximum absolute atomic E-state index is 12.3. The molecule has 0 heterocycles. The zero-order valence-electron chi connectivity index (χ0n) is 12.0. The molecule has 0 aliphatic heterocycles. The lowest BCUT2D eigenvalue weighted by Crippen LogP contribution is -2.34. The van der Waals surface area contributed by atoms with Gasteiger partial charge in [-0.2, -0.15) is 0 Å².